The molecular weight excluding hydrogens is 242 g/mol. The molecule has 1 saturated carbocycles. The zero-order valence-electron chi connectivity index (χ0n) is 13.2. The largest absolute Gasteiger partial charge is 0.285 e. The zero-order valence-corrected chi connectivity index (χ0v) is 13.2. The maximum Gasteiger partial charge on any atom is 0.0597 e. The Morgan fingerprint density at radius 2 is 1.95 bits per heavy atom. The minimum atomic E-state index is 0.734. The Balaban J connectivity index is 2.14. The first-order chi connectivity index (χ1) is 9.56. The predicted molar refractivity (Wildman–Crippen MR) is 88.7 cm³/mol. The van der Waals surface area contributed by atoms with E-state index in [1.54, 1.807) is 0 Å². The monoisotopic (exact) mass is 269 g/mol. The van der Waals surface area contributed by atoms with Crippen molar-refractivity contribution in [1.29, 1.82) is 0 Å². The van der Waals surface area contributed by atoms with Crippen molar-refractivity contribution in [1.82, 2.24) is 0 Å². The number of aryl methyl sites for hydroxylation is 1. The van der Waals surface area contributed by atoms with E-state index in [1.165, 1.54) is 48.8 Å². The van der Waals surface area contributed by atoms with Crippen molar-refractivity contribution in [3.8, 4) is 0 Å². The van der Waals surface area contributed by atoms with Crippen molar-refractivity contribution in [3.63, 3.8) is 0 Å². The Morgan fingerprint density at radius 3 is 2.60 bits per heavy atom. The molecule has 0 aliphatic heterocycles. The molecule has 0 aromatic heterocycles. The number of aliphatic imine (C=N–C) groups is 1. The average molecular weight is 269 g/mol. The molecule has 0 atom stereocenters. The van der Waals surface area contributed by atoms with Gasteiger partial charge in [0, 0.05) is 5.71 Å². The topological polar surface area (TPSA) is 12.4 Å². The normalized spacial score (nSPS) is 16.6. The van der Waals surface area contributed by atoms with E-state index in [2.05, 4.69) is 43.6 Å². The van der Waals surface area contributed by atoms with Crippen LogP contribution in [0.2, 0.25) is 0 Å². The van der Waals surface area contributed by atoms with Gasteiger partial charge < -0.3 is 0 Å². The first-order valence-corrected chi connectivity index (χ1v) is 7.81. The molecule has 20 heavy (non-hydrogen) atoms. The van der Waals surface area contributed by atoms with Crippen molar-refractivity contribution in [2.24, 2.45) is 10.9 Å². The summed E-state index contributed by atoms with van der Waals surface area (Å²) in [5, 5.41) is 0. The molecule has 1 aromatic rings. The van der Waals surface area contributed by atoms with E-state index < -0.39 is 0 Å². The minimum absolute atomic E-state index is 0.734. The zero-order chi connectivity index (χ0) is 14.5. The van der Waals surface area contributed by atoms with E-state index in [4.69, 9.17) is 0 Å². The molecule has 0 spiro atoms. The fourth-order valence-electron chi connectivity index (χ4n) is 2.99. The third kappa shape index (κ3) is 4.06. The summed E-state index contributed by atoms with van der Waals surface area (Å²) in [6, 6.07) is 6.80. The van der Waals surface area contributed by atoms with Gasteiger partial charge in [-0.1, -0.05) is 50.0 Å². The van der Waals surface area contributed by atoms with Gasteiger partial charge in [-0.05, 0) is 55.9 Å². The average Bonchev–Trinajstić information content (AvgIpc) is 2.91. The summed E-state index contributed by atoms with van der Waals surface area (Å²) >= 11 is 0. The third-order valence-corrected chi connectivity index (χ3v) is 4.34. The molecule has 1 fully saturated rings. The molecule has 1 aliphatic carbocycles. The van der Waals surface area contributed by atoms with Crippen LogP contribution in [0.4, 0.5) is 0 Å². The van der Waals surface area contributed by atoms with Crippen molar-refractivity contribution < 1.29 is 0 Å². The number of benzene rings is 1. The molecule has 108 valence electrons. The highest BCUT2D eigenvalue weighted by molar-refractivity contribution is 5.99. The van der Waals surface area contributed by atoms with Crippen LogP contribution in [0.25, 0.3) is 0 Å². The maximum atomic E-state index is 4.61. The van der Waals surface area contributed by atoms with Crippen molar-refractivity contribution >= 4 is 5.71 Å². The summed E-state index contributed by atoms with van der Waals surface area (Å²) in [6.07, 6.45) is 6.90. The second-order valence-corrected chi connectivity index (χ2v) is 6.35. The molecule has 1 aliphatic rings. The van der Waals surface area contributed by atoms with Gasteiger partial charge in [-0.2, -0.15) is 0 Å². The van der Waals surface area contributed by atoms with Crippen LogP contribution in [-0.4, -0.2) is 12.3 Å². The molecule has 0 heterocycles. The molecular formula is C19H27N. The van der Waals surface area contributed by atoms with Gasteiger partial charge in [-0.25, -0.2) is 0 Å². The summed E-state index contributed by atoms with van der Waals surface area (Å²) < 4.78 is 0. The highest BCUT2D eigenvalue weighted by Gasteiger charge is 2.16. The Kier molecular flexibility index (Phi) is 5.17. The summed E-state index contributed by atoms with van der Waals surface area (Å²) in [5.41, 5.74) is 6.45. The Labute approximate surface area is 123 Å². The highest BCUT2D eigenvalue weighted by atomic mass is 14.7. The standard InChI is InChI=1S/C19H27N/c1-14(2)13-20-16(4)18-10-9-15(3)19(12-18)11-17-7-5-6-8-17/h9-10,12,17H,1,5-8,11,13H2,2-4H3/b20-16+. The second kappa shape index (κ2) is 6.88. The van der Waals surface area contributed by atoms with E-state index >= 15 is 0 Å². The minimum Gasteiger partial charge on any atom is -0.285 e. The molecule has 0 unspecified atom stereocenters. The second-order valence-electron chi connectivity index (χ2n) is 6.35. The van der Waals surface area contributed by atoms with E-state index in [0.717, 1.165) is 23.7 Å². The van der Waals surface area contributed by atoms with Crippen LogP contribution in [0, 0.1) is 12.8 Å². The Hall–Kier alpha value is -1.37. The van der Waals surface area contributed by atoms with Crippen LogP contribution in [0.3, 0.4) is 0 Å². The molecule has 0 radical (unpaired) electrons. The summed E-state index contributed by atoms with van der Waals surface area (Å²) in [6.45, 7) is 11.0. The van der Waals surface area contributed by atoms with Crippen LogP contribution in [0.15, 0.2) is 35.3 Å². The molecule has 0 saturated heterocycles. The van der Waals surface area contributed by atoms with Gasteiger partial charge in [-0.3, -0.25) is 4.99 Å². The quantitative estimate of drug-likeness (QED) is 0.520. The van der Waals surface area contributed by atoms with Gasteiger partial charge in [0.15, 0.2) is 0 Å². The van der Waals surface area contributed by atoms with Gasteiger partial charge in [-0.15, -0.1) is 0 Å². The highest BCUT2D eigenvalue weighted by Crippen LogP contribution is 2.29. The predicted octanol–water partition coefficient (Wildman–Crippen LogP) is 5.11. The Morgan fingerprint density at radius 1 is 1.25 bits per heavy atom. The van der Waals surface area contributed by atoms with Crippen molar-refractivity contribution in [3.05, 3.63) is 47.0 Å². The first kappa shape index (κ1) is 15.0. The SMILES string of the molecule is C=C(C)C/N=C(\C)c1ccc(C)c(CC2CCCC2)c1. The number of hydrogen-bond donors (Lipinski definition) is 0. The van der Waals surface area contributed by atoms with E-state index in [0.29, 0.717) is 0 Å². The van der Waals surface area contributed by atoms with Gasteiger partial charge in [0.2, 0.25) is 0 Å². The lowest BCUT2D eigenvalue weighted by atomic mass is 9.93. The van der Waals surface area contributed by atoms with E-state index in [-0.39, 0.29) is 0 Å². The number of hydrogen-bond acceptors (Lipinski definition) is 1. The summed E-state index contributed by atoms with van der Waals surface area (Å²) in [4.78, 5) is 4.61. The van der Waals surface area contributed by atoms with E-state index in [1.807, 2.05) is 6.92 Å². The van der Waals surface area contributed by atoms with Gasteiger partial charge in [0.05, 0.1) is 6.54 Å². The van der Waals surface area contributed by atoms with Crippen LogP contribution in [-0.2, 0) is 6.42 Å². The molecule has 0 bridgehead atoms. The number of rotatable bonds is 5. The van der Waals surface area contributed by atoms with Crippen LogP contribution >= 0.6 is 0 Å². The fraction of sp³-hybridized carbons (Fsp3) is 0.526. The molecule has 1 nitrogen and oxygen atoms in total. The fourth-order valence-corrected chi connectivity index (χ4v) is 2.99. The van der Waals surface area contributed by atoms with Gasteiger partial charge in [0.1, 0.15) is 0 Å². The number of nitrogens with zero attached hydrogens (tertiary/aromatic N) is 1. The van der Waals surface area contributed by atoms with Gasteiger partial charge >= 0.3 is 0 Å². The Bertz CT molecular complexity index is 504. The van der Waals surface area contributed by atoms with Crippen LogP contribution in [0.1, 0.15) is 56.2 Å². The lowest BCUT2D eigenvalue weighted by Crippen LogP contribution is -2.04. The van der Waals surface area contributed by atoms with Gasteiger partial charge in [0.25, 0.3) is 0 Å². The molecule has 2 rings (SSSR count). The molecule has 1 aromatic carbocycles. The molecule has 0 amide bonds. The lowest BCUT2D eigenvalue weighted by Gasteiger charge is -2.13. The van der Waals surface area contributed by atoms with Crippen LogP contribution < -0.4 is 0 Å². The maximum absolute atomic E-state index is 4.61. The van der Waals surface area contributed by atoms with Crippen molar-refractivity contribution in [2.75, 3.05) is 6.54 Å². The molecule has 0 N–H and O–H groups in total. The first-order valence-electron chi connectivity index (χ1n) is 7.81. The smallest absolute Gasteiger partial charge is 0.0597 e. The third-order valence-electron chi connectivity index (χ3n) is 4.34. The van der Waals surface area contributed by atoms with E-state index in [9.17, 15) is 0 Å². The summed E-state index contributed by atoms with van der Waals surface area (Å²) in [7, 11) is 0. The molecule has 1 heteroatoms. The lowest BCUT2D eigenvalue weighted by molar-refractivity contribution is 0.545. The van der Waals surface area contributed by atoms with Crippen molar-refractivity contribution in [2.45, 2.75) is 52.9 Å². The summed E-state index contributed by atoms with van der Waals surface area (Å²) in [5.74, 6) is 0.900. The van der Waals surface area contributed by atoms with Crippen LogP contribution in [0.5, 0.6) is 0 Å².